The Labute approximate surface area is 216 Å². The van der Waals surface area contributed by atoms with Crippen LogP contribution in [-0.4, -0.2) is 44.0 Å². The largest absolute Gasteiger partial charge is 0.345 e. The molecule has 3 heterocycles. The van der Waals surface area contributed by atoms with Gasteiger partial charge in [0.15, 0.2) is 5.82 Å². The number of likely N-dealkylation sites (tertiary alicyclic amines) is 1. The normalized spacial score (nSPS) is 18.0. The minimum atomic E-state index is 0.449. The van der Waals surface area contributed by atoms with Gasteiger partial charge in [0.25, 0.3) is 0 Å². The van der Waals surface area contributed by atoms with Crippen molar-refractivity contribution in [1.82, 2.24) is 24.8 Å². The van der Waals surface area contributed by atoms with Gasteiger partial charge in [0.2, 0.25) is 5.95 Å². The fraction of sp³-hybridized carbons (Fsp3) is 0.321. The predicted molar refractivity (Wildman–Crippen MR) is 145 cm³/mol. The molecule has 2 aromatic heterocycles. The van der Waals surface area contributed by atoms with Gasteiger partial charge in [-0.2, -0.15) is 4.98 Å². The average Bonchev–Trinajstić information content (AvgIpc) is 3.59. The maximum Gasteiger partial charge on any atom is 0.229 e. The van der Waals surface area contributed by atoms with Crippen molar-refractivity contribution in [2.75, 3.05) is 23.7 Å². The van der Waals surface area contributed by atoms with Crippen molar-refractivity contribution < 1.29 is 0 Å². The maximum absolute atomic E-state index is 6.46. The number of imidazole rings is 1. The molecule has 2 aromatic carbocycles. The number of aromatic nitrogens is 4. The summed E-state index contributed by atoms with van der Waals surface area (Å²) in [5.41, 5.74) is 5.69. The third-order valence-corrected chi connectivity index (χ3v) is 7.57. The van der Waals surface area contributed by atoms with E-state index in [1.54, 1.807) is 18.6 Å². The topological polar surface area (TPSA) is 81.8 Å². The lowest BCUT2D eigenvalue weighted by molar-refractivity contribution is 0.222. The molecular formula is C28H30ClN7. The molecule has 0 spiro atoms. The lowest BCUT2D eigenvalue weighted by atomic mass is 10.0. The van der Waals surface area contributed by atoms with E-state index in [4.69, 9.17) is 11.6 Å². The number of fused-ring (bicyclic) bond motifs is 1. The smallest absolute Gasteiger partial charge is 0.229 e. The van der Waals surface area contributed by atoms with Gasteiger partial charge in [-0.25, -0.2) is 9.97 Å². The van der Waals surface area contributed by atoms with E-state index in [-0.39, 0.29) is 0 Å². The summed E-state index contributed by atoms with van der Waals surface area (Å²) in [4.78, 5) is 19.3. The van der Waals surface area contributed by atoms with Crippen LogP contribution < -0.4 is 10.6 Å². The Morgan fingerprint density at radius 1 is 0.944 bits per heavy atom. The Bertz CT molecular complexity index is 1330. The summed E-state index contributed by atoms with van der Waals surface area (Å²) in [5, 5.41) is 7.19. The molecule has 0 bridgehead atoms. The Morgan fingerprint density at radius 3 is 2.61 bits per heavy atom. The summed E-state index contributed by atoms with van der Waals surface area (Å²) in [5.74, 6) is 1.82. The highest BCUT2D eigenvalue weighted by Gasteiger charge is 2.24. The Balaban J connectivity index is 1.19. The molecule has 0 radical (unpaired) electrons. The molecule has 1 aliphatic carbocycles. The number of benzene rings is 2. The Kier molecular flexibility index (Phi) is 6.57. The number of halogens is 1. The molecule has 0 amide bonds. The van der Waals surface area contributed by atoms with Crippen LogP contribution in [0, 0.1) is 0 Å². The van der Waals surface area contributed by atoms with Crippen LogP contribution in [0.4, 0.5) is 23.1 Å². The quantitative estimate of drug-likeness (QED) is 0.268. The van der Waals surface area contributed by atoms with Crippen LogP contribution in [0.3, 0.4) is 0 Å². The zero-order valence-corrected chi connectivity index (χ0v) is 20.9. The predicted octanol–water partition coefficient (Wildman–Crippen LogP) is 6.35. The molecule has 36 heavy (non-hydrogen) atoms. The number of para-hydroxylation sites is 1. The highest BCUT2D eigenvalue weighted by molar-refractivity contribution is 6.33. The summed E-state index contributed by atoms with van der Waals surface area (Å²) >= 11 is 6.46. The number of anilines is 4. The summed E-state index contributed by atoms with van der Waals surface area (Å²) in [7, 11) is 0. The van der Waals surface area contributed by atoms with Crippen molar-refractivity contribution in [2.45, 2.75) is 44.6 Å². The summed E-state index contributed by atoms with van der Waals surface area (Å²) in [6, 6.07) is 15.3. The van der Waals surface area contributed by atoms with Crippen molar-refractivity contribution >= 4 is 34.7 Å². The molecule has 6 rings (SSSR count). The van der Waals surface area contributed by atoms with E-state index >= 15 is 0 Å². The number of nitrogens with one attached hydrogen (secondary N) is 3. The fourth-order valence-corrected chi connectivity index (χ4v) is 5.56. The van der Waals surface area contributed by atoms with Gasteiger partial charge in [-0.3, -0.25) is 0 Å². The molecule has 7 nitrogen and oxygen atoms in total. The van der Waals surface area contributed by atoms with Gasteiger partial charge in [-0.05, 0) is 87.0 Å². The molecule has 2 aliphatic rings. The number of rotatable bonds is 6. The molecule has 1 aliphatic heterocycles. The van der Waals surface area contributed by atoms with E-state index < -0.39 is 0 Å². The number of aromatic amines is 1. The Morgan fingerprint density at radius 2 is 1.78 bits per heavy atom. The van der Waals surface area contributed by atoms with E-state index in [1.165, 1.54) is 49.9 Å². The van der Waals surface area contributed by atoms with Gasteiger partial charge >= 0.3 is 0 Å². The van der Waals surface area contributed by atoms with Crippen LogP contribution >= 0.6 is 11.6 Å². The van der Waals surface area contributed by atoms with Crippen LogP contribution in [0.1, 0.15) is 36.8 Å². The zero-order valence-electron chi connectivity index (χ0n) is 20.2. The van der Waals surface area contributed by atoms with Gasteiger partial charge in [-0.1, -0.05) is 29.8 Å². The third-order valence-electron chi connectivity index (χ3n) is 7.29. The minimum absolute atomic E-state index is 0.449. The van der Waals surface area contributed by atoms with Gasteiger partial charge in [-0.15, -0.1) is 0 Å². The highest BCUT2D eigenvalue weighted by atomic mass is 35.5. The number of aryl methyl sites for hydroxylation is 2. The standard InChI is InChI=1S/C28H30ClN7/c29-24-18-32-28(35-27(24)34-25-6-2-1-5-23(25)26-30-13-14-31-26)33-21-10-7-19-8-11-22(12-9-20(19)17-21)36-15-3-4-16-36/h1-2,5-7,10,13-14,17-18,22H,3-4,8-9,11-12,15-16H2,(H,30,31)(H2,32,33,34,35)/t22-/m0/s1. The monoisotopic (exact) mass is 499 g/mol. The summed E-state index contributed by atoms with van der Waals surface area (Å²) in [6.45, 7) is 2.54. The lowest BCUT2D eigenvalue weighted by Gasteiger charge is -2.25. The second-order valence-corrected chi connectivity index (χ2v) is 9.99. The zero-order chi connectivity index (χ0) is 24.3. The average molecular weight is 500 g/mol. The second-order valence-electron chi connectivity index (χ2n) is 9.58. The Hall–Kier alpha value is -3.42. The van der Waals surface area contributed by atoms with E-state index in [0.717, 1.165) is 35.6 Å². The molecule has 0 saturated carbocycles. The number of hydrogen-bond acceptors (Lipinski definition) is 6. The maximum atomic E-state index is 6.46. The van der Waals surface area contributed by atoms with E-state index in [1.807, 2.05) is 24.3 Å². The van der Waals surface area contributed by atoms with Crippen molar-refractivity contribution in [1.29, 1.82) is 0 Å². The van der Waals surface area contributed by atoms with Crippen molar-refractivity contribution in [3.63, 3.8) is 0 Å². The molecular weight excluding hydrogens is 470 g/mol. The lowest BCUT2D eigenvalue weighted by Crippen LogP contribution is -2.32. The second kappa shape index (κ2) is 10.3. The molecule has 4 aromatic rings. The van der Waals surface area contributed by atoms with Crippen LogP contribution in [0.15, 0.2) is 61.1 Å². The summed E-state index contributed by atoms with van der Waals surface area (Å²) < 4.78 is 0. The van der Waals surface area contributed by atoms with E-state index in [2.05, 4.69) is 53.7 Å². The van der Waals surface area contributed by atoms with Crippen molar-refractivity contribution in [2.24, 2.45) is 0 Å². The van der Waals surface area contributed by atoms with Crippen LogP contribution in [0.5, 0.6) is 0 Å². The molecule has 1 atom stereocenters. The molecule has 1 saturated heterocycles. The van der Waals surface area contributed by atoms with Crippen LogP contribution in [0.25, 0.3) is 11.4 Å². The van der Waals surface area contributed by atoms with Crippen molar-refractivity contribution in [3.8, 4) is 11.4 Å². The first-order valence-corrected chi connectivity index (χ1v) is 13.1. The number of H-pyrrole nitrogens is 1. The van der Waals surface area contributed by atoms with Crippen molar-refractivity contribution in [3.05, 3.63) is 77.2 Å². The molecule has 3 N–H and O–H groups in total. The van der Waals surface area contributed by atoms with Crippen LogP contribution in [-0.2, 0) is 12.8 Å². The highest BCUT2D eigenvalue weighted by Crippen LogP contribution is 2.32. The van der Waals surface area contributed by atoms with Gasteiger partial charge in [0.1, 0.15) is 10.8 Å². The number of nitrogens with zero attached hydrogens (tertiary/aromatic N) is 4. The van der Waals surface area contributed by atoms with Gasteiger partial charge in [0, 0.05) is 29.7 Å². The first-order valence-electron chi connectivity index (χ1n) is 12.7. The first kappa shape index (κ1) is 23.0. The molecule has 8 heteroatoms. The minimum Gasteiger partial charge on any atom is -0.345 e. The van der Waals surface area contributed by atoms with Gasteiger partial charge < -0.3 is 20.5 Å². The first-order chi connectivity index (χ1) is 17.7. The molecule has 1 fully saturated rings. The van der Waals surface area contributed by atoms with Crippen LogP contribution in [0.2, 0.25) is 5.02 Å². The number of hydrogen-bond donors (Lipinski definition) is 3. The SMILES string of the molecule is Clc1cnc(Nc2ccc3c(c2)CC[C@@H](N2CCCC2)CC3)nc1Nc1ccccc1-c1ncc[nH]1. The van der Waals surface area contributed by atoms with E-state index in [0.29, 0.717) is 22.8 Å². The molecule has 184 valence electrons. The van der Waals surface area contributed by atoms with Gasteiger partial charge in [0.05, 0.1) is 11.9 Å². The molecule has 0 unspecified atom stereocenters. The van der Waals surface area contributed by atoms with E-state index in [9.17, 15) is 0 Å². The summed E-state index contributed by atoms with van der Waals surface area (Å²) in [6.07, 6.45) is 12.6. The fourth-order valence-electron chi connectivity index (χ4n) is 5.42. The third kappa shape index (κ3) is 4.94.